The van der Waals surface area contributed by atoms with Crippen molar-refractivity contribution in [1.82, 2.24) is 5.32 Å². The van der Waals surface area contributed by atoms with Crippen LogP contribution in [0.4, 0.5) is 4.39 Å². The van der Waals surface area contributed by atoms with Gasteiger partial charge in [0, 0.05) is 11.8 Å². The van der Waals surface area contributed by atoms with Crippen LogP contribution >= 0.6 is 0 Å². The highest BCUT2D eigenvalue weighted by Gasteiger charge is 2.20. The highest BCUT2D eigenvalue weighted by atomic mass is 32.2. The van der Waals surface area contributed by atoms with Gasteiger partial charge in [0.1, 0.15) is 5.82 Å². The maximum absolute atomic E-state index is 13.1. The molecule has 0 aliphatic carbocycles. The van der Waals surface area contributed by atoms with Crippen LogP contribution in [0.3, 0.4) is 0 Å². The lowest BCUT2D eigenvalue weighted by molar-refractivity contribution is -0.141. The predicted octanol–water partition coefficient (Wildman–Crippen LogP) is 2.26. The second kappa shape index (κ2) is 8.09. The van der Waals surface area contributed by atoms with Gasteiger partial charge in [0.05, 0.1) is 24.5 Å². The smallest absolute Gasteiger partial charge is 0.307 e. The molecule has 0 aliphatic rings. The summed E-state index contributed by atoms with van der Waals surface area (Å²) in [6.07, 6.45) is 0.891. The number of hydrogen-bond acceptors (Lipinski definition) is 5. The predicted molar refractivity (Wildman–Crippen MR) is 92.8 cm³/mol. The topological polar surface area (TPSA) is 89.5 Å². The molecule has 6 nitrogen and oxygen atoms in total. The van der Waals surface area contributed by atoms with Crippen LogP contribution < -0.4 is 5.32 Å². The minimum Gasteiger partial charge on any atom is -0.469 e. The molecule has 1 amide bonds. The second-order valence-electron chi connectivity index (χ2n) is 5.66. The quantitative estimate of drug-likeness (QED) is 0.778. The normalized spacial score (nSPS) is 12.3. The summed E-state index contributed by atoms with van der Waals surface area (Å²) in [5, 5.41) is 2.66. The minimum absolute atomic E-state index is 0.0106. The zero-order valence-corrected chi connectivity index (χ0v) is 15.0. The molecule has 1 N–H and O–H groups in total. The fraction of sp³-hybridized carbons (Fsp3) is 0.222. The van der Waals surface area contributed by atoms with E-state index in [4.69, 9.17) is 0 Å². The number of esters is 1. The van der Waals surface area contributed by atoms with Crippen molar-refractivity contribution in [3.05, 3.63) is 65.5 Å². The fourth-order valence-corrected chi connectivity index (χ4v) is 2.97. The van der Waals surface area contributed by atoms with E-state index in [0.29, 0.717) is 5.56 Å². The molecule has 0 bridgehead atoms. The van der Waals surface area contributed by atoms with Gasteiger partial charge < -0.3 is 10.1 Å². The summed E-state index contributed by atoms with van der Waals surface area (Å²) in [5.41, 5.74) is 0.648. The first-order chi connectivity index (χ1) is 12.2. The highest BCUT2D eigenvalue weighted by Crippen LogP contribution is 2.19. The Kier molecular flexibility index (Phi) is 6.10. The summed E-state index contributed by atoms with van der Waals surface area (Å²) in [7, 11) is -2.24. The summed E-state index contributed by atoms with van der Waals surface area (Å²) >= 11 is 0. The summed E-state index contributed by atoms with van der Waals surface area (Å²) < 4.78 is 41.0. The Hall–Kier alpha value is -2.74. The molecule has 0 saturated carbocycles. The molecule has 0 heterocycles. The highest BCUT2D eigenvalue weighted by molar-refractivity contribution is 7.90. The van der Waals surface area contributed by atoms with Crippen LogP contribution in [0.25, 0.3) is 0 Å². The average molecular weight is 379 g/mol. The molecule has 0 radical (unpaired) electrons. The summed E-state index contributed by atoms with van der Waals surface area (Å²) in [6, 6.07) is 10.2. The second-order valence-corrected chi connectivity index (χ2v) is 7.67. The molecule has 0 spiro atoms. The van der Waals surface area contributed by atoms with Gasteiger partial charge in [-0.05, 0) is 35.9 Å². The van der Waals surface area contributed by atoms with E-state index in [9.17, 15) is 22.4 Å². The third kappa shape index (κ3) is 5.13. The van der Waals surface area contributed by atoms with E-state index in [1.165, 1.54) is 55.6 Å². The van der Waals surface area contributed by atoms with Gasteiger partial charge in [-0.25, -0.2) is 12.8 Å². The third-order valence-corrected chi connectivity index (χ3v) is 4.81. The number of ether oxygens (including phenoxy) is 1. The Balaban J connectivity index is 2.28. The number of hydrogen-bond donors (Lipinski definition) is 1. The van der Waals surface area contributed by atoms with Gasteiger partial charge in [-0.2, -0.15) is 0 Å². The molecular formula is C18H18FNO5S. The number of benzene rings is 2. The molecular weight excluding hydrogens is 361 g/mol. The van der Waals surface area contributed by atoms with Gasteiger partial charge in [0.15, 0.2) is 9.84 Å². The van der Waals surface area contributed by atoms with Gasteiger partial charge in [-0.3, -0.25) is 9.59 Å². The number of sulfone groups is 1. The molecule has 0 aromatic heterocycles. The summed E-state index contributed by atoms with van der Waals surface area (Å²) in [4.78, 5) is 24.2. The maximum Gasteiger partial charge on any atom is 0.307 e. The van der Waals surface area contributed by atoms with Crippen molar-refractivity contribution in [2.75, 3.05) is 13.4 Å². The number of rotatable bonds is 6. The molecule has 0 unspecified atom stereocenters. The number of carbonyl (C=O) groups is 2. The van der Waals surface area contributed by atoms with Gasteiger partial charge in [-0.15, -0.1) is 0 Å². The number of nitrogens with one attached hydrogen (secondary N) is 1. The molecule has 0 fully saturated rings. The lowest BCUT2D eigenvalue weighted by Crippen LogP contribution is -2.30. The number of halogens is 1. The summed E-state index contributed by atoms with van der Waals surface area (Å²) in [5.74, 6) is -1.56. The van der Waals surface area contributed by atoms with Crippen LogP contribution in [-0.2, 0) is 19.4 Å². The van der Waals surface area contributed by atoms with Crippen LogP contribution in [0.5, 0.6) is 0 Å². The van der Waals surface area contributed by atoms with E-state index in [1.54, 1.807) is 0 Å². The van der Waals surface area contributed by atoms with Crippen molar-refractivity contribution in [3.63, 3.8) is 0 Å². The van der Waals surface area contributed by atoms with Gasteiger partial charge in [0.2, 0.25) is 0 Å². The Morgan fingerprint density at radius 3 is 2.38 bits per heavy atom. The largest absolute Gasteiger partial charge is 0.469 e. The van der Waals surface area contributed by atoms with Gasteiger partial charge >= 0.3 is 5.97 Å². The Bertz CT molecular complexity index is 909. The van der Waals surface area contributed by atoms with Crippen LogP contribution in [-0.4, -0.2) is 33.7 Å². The molecule has 138 valence electrons. The van der Waals surface area contributed by atoms with Crippen molar-refractivity contribution in [1.29, 1.82) is 0 Å². The molecule has 8 heteroatoms. The standard InChI is InChI=1S/C18H18FNO5S/c1-25-17(21)11-16(12-6-8-14(19)9-7-12)20-18(22)13-4-3-5-15(10-13)26(2,23)24/h3-10,16H,11H2,1-2H3,(H,20,22)/t16-/m1/s1. The van der Waals surface area contributed by atoms with E-state index < -0.39 is 33.6 Å². The zero-order chi connectivity index (χ0) is 19.3. The Morgan fingerprint density at radius 2 is 1.81 bits per heavy atom. The van der Waals surface area contributed by atoms with Crippen LogP contribution in [0.1, 0.15) is 28.4 Å². The maximum atomic E-state index is 13.1. The molecule has 2 aromatic carbocycles. The van der Waals surface area contributed by atoms with Crippen LogP contribution in [0.15, 0.2) is 53.4 Å². The van der Waals surface area contributed by atoms with E-state index in [2.05, 4.69) is 10.1 Å². The number of methoxy groups -OCH3 is 1. The fourth-order valence-electron chi connectivity index (χ4n) is 2.31. The lowest BCUT2D eigenvalue weighted by atomic mass is 10.0. The number of carbonyl (C=O) groups excluding carboxylic acids is 2. The van der Waals surface area contributed by atoms with E-state index in [-0.39, 0.29) is 16.9 Å². The Morgan fingerprint density at radius 1 is 1.15 bits per heavy atom. The molecule has 0 aliphatic heterocycles. The Labute approximate surface area is 150 Å². The minimum atomic E-state index is -3.46. The lowest BCUT2D eigenvalue weighted by Gasteiger charge is -2.18. The zero-order valence-electron chi connectivity index (χ0n) is 14.2. The van der Waals surface area contributed by atoms with Crippen molar-refractivity contribution in [2.24, 2.45) is 0 Å². The van der Waals surface area contributed by atoms with Gasteiger partial charge in [0.25, 0.3) is 5.91 Å². The number of amides is 1. The SMILES string of the molecule is COC(=O)C[C@@H](NC(=O)c1cccc(S(C)(=O)=O)c1)c1ccc(F)cc1. The molecule has 1 atom stereocenters. The third-order valence-electron chi connectivity index (χ3n) is 3.70. The van der Waals surface area contributed by atoms with E-state index in [1.807, 2.05) is 0 Å². The van der Waals surface area contributed by atoms with Crippen molar-refractivity contribution in [3.8, 4) is 0 Å². The van der Waals surface area contributed by atoms with Crippen molar-refractivity contribution >= 4 is 21.7 Å². The summed E-state index contributed by atoms with van der Waals surface area (Å²) in [6.45, 7) is 0. The van der Waals surface area contributed by atoms with Crippen LogP contribution in [0, 0.1) is 5.82 Å². The first kappa shape index (κ1) is 19.6. The monoisotopic (exact) mass is 379 g/mol. The molecule has 2 rings (SSSR count). The molecule has 0 saturated heterocycles. The van der Waals surface area contributed by atoms with Crippen molar-refractivity contribution < 1.29 is 27.1 Å². The van der Waals surface area contributed by atoms with E-state index >= 15 is 0 Å². The van der Waals surface area contributed by atoms with E-state index in [0.717, 1.165) is 6.26 Å². The first-order valence-electron chi connectivity index (χ1n) is 7.64. The molecule has 2 aromatic rings. The van der Waals surface area contributed by atoms with Gasteiger partial charge in [-0.1, -0.05) is 18.2 Å². The van der Waals surface area contributed by atoms with Crippen LogP contribution in [0.2, 0.25) is 0 Å². The first-order valence-corrected chi connectivity index (χ1v) is 9.53. The average Bonchev–Trinajstić information content (AvgIpc) is 2.61. The van der Waals surface area contributed by atoms with Crippen molar-refractivity contribution in [2.45, 2.75) is 17.4 Å². The molecule has 26 heavy (non-hydrogen) atoms.